The predicted molar refractivity (Wildman–Crippen MR) is 139 cm³/mol. The van der Waals surface area contributed by atoms with Gasteiger partial charge in [-0.3, -0.25) is 9.59 Å². The van der Waals surface area contributed by atoms with Crippen molar-refractivity contribution in [3.05, 3.63) is 111 Å². The van der Waals surface area contributed by atoms with Gasteiger partial charge in [0, 0.05) is 39.3 Å². The molecule has 35 heavy (non-hydrogen) atoms. The topological polar surface area (TPSA) is 73.4 Å². The van der Waals surface area contributed by atoms with Crippen LogP contribution in [0.1, 0.15) is 28.3 Å². The van der Waals surface area contributed by atoms with E-state index in [1.54, 1.807) is 30.3 Å². The third-order valence-electron chi connectivity index (χ3n) is 6.42. The Morgan fingerprint density at radius 3 is 2.51 bits per heavy atom. The number of hydrogen-bond donors (Lipinski definition) is 2. The lowest BCUT2D eigenvalue weighted by atomic mass is 9.95. The highest BCUT2D eigenvalue weighted by Crippen LogP contribution is 2.42. The molecule has 1 atom stereocenters. The van der Waals surface area contributed by atoms with Crippen LogP contribution in [0.3, 0.4) is 0 Å². The molecule has 2 heterocycles. The molecule has 1 aromatic heterocycles. The lowest BCUT2D eigenvalue weighted by Gasteiger charge is -2.26. The van der Waals surface area contributed by atoms with Gasteiger partial charge >= 0.3 is 0 Å². The van der Waals surface area contributed by atoms with E-state index in [2.05, 4.69) is 4.98 Å². The van der Waals surface area contributed by atoms with E-state index in [0.717, 1.165) is 22.0 Å². The second kappa shape index (κ2) is 9.25. The highest BCUT2D eigenvalue weighted by molar-refractivity contribution is 6.47. The van der Waals surface area contributed by atoms with Crippen molar-refractivity contribution in [1.29, 1.82) is 0 Å². The molecule has 0 bridgehead atoms. The van der Waals surface area contributed by atoms with Crippen molar-refractivity contribution in [2.75, 3.05) is 6.54 Å². The molecule has 1 fully saturated rings. The summed E-state index contributed by atoms with van der Waals surface area (Å²) in [7, 11) is 0. The number of amides is 1. The van der Waals surface area contributed by atoms with Gasteiger partial charge in [0.25, 0.3) is 11.7 Å². The molecule has 0 aliphatic carbocycles. The number of rotatable bonds is 5. The molecule has 1 amide bonds. The minimum Gasteiger partial charge on any atom is -0.507 e. The molecule has 3 aromatic carbocycles. The first kappa shape index (κ1) is 23.2. The van der Waals surface area contributed by atoms with Crippen molar-refractivity contribution in [2.45, 2.75) is 19.4 Å². The van der Waals surface area contributed by atoms with Crippen molar-refractivity contribution in [3.63, 3.8) is 0 Å². The van der Waals surface area contributed by atoms with Crippen LogP contribution in [-0.2, 0) is 16.0 Å². The largest absolute Gasteiger partial charge is 0.507 e. The number of likely N-dealkylation sites (tertiary alicyclic amines) is 1. The molecule has 0 radical (unpaired) electrons. The molecule has 1 aliphatic heterocycles. The van der Waals surface area contributed by atoms with Crippen molar-refractivity contribution < 1.29 is 14.7 Å². The van der Waals surface area contributed by atoms with Crippen LogP contribution >= 0.6 is 23.2 Å². The molecule has 176 valence electrons. The van der Waals surface area contributed by atoms with Gasteiger partial charge in [-0.2, -0.15) is 0 Å². The number of nitrogens with one attached hydrogen (secondary N) is 1. The maximum absolute atomic E-state index is 13.2. The number of carbonyl (C=O) groups is 2. The Labute approximate surface area is 212 Å². The number of carbonyl (C=O) groups excluding carboxylic acids is 2. The van der Waals surface area contributed by atoms with E-state index in [0.29, 0.717) is 27.6 Å². The van der Waals surface area contributed by atoms with Crippen LogP contribution in [0.25, 0.3) is 16.7 Å². The lowest BCUT2D eigenvalue weighted by molar-refractivity contribution is -0.139. The first-order valence-corrected chi connectivity index (χ1v) is 12.0. The van der Waals surface area contributed by atoms with Gasteiger partial charge in [0.1, 0.15) is 5.76 Å². The summed E-state index contributed by atoms with van der Waals surface area (Å²) >= 11 is 12.7. The fourth-order valence-corrected chi connectivity index (χ4v) is 5.12. The second-order valence-corrected chi connectivity index (χ2v) is 9.48. The van der Waals surface area contributed by atoms with Gasteiger partial charge in [0.2, 0.25) is 0 Å². The number of ketones is 1. The Morgan fingerprint density at radius 2 is 1.77 bits per heavy atom. The van der Waals surface area contributed by atoms with E-state index < -0.39 is 17.7 Å². The summed E-state index contributed by atoms with van der Waals surface area (Å²) in [6.07, 6.45) is 2.43. The molecule has 1 saturated heterocycles. The van der Waals surface area contributed by atoms with Crippen molar-refractivity contribution in [3.8, 4) is 0 Å². The monoisotopic (exact) mass is 504 g/mol. The number of aromatic amines is 1. The molecule has 1 aliphatic rings. The van der Waals surface area contributed by atoms with Crippen molar-refractivity contribution in [1.82, 2.24) is 9.88 Å². The van der Waals surface area contributed by atoms with Crippen LogP contribution in [0.15, 0.2) is 78.5 Å². The number of nitrogens with zero attached hydrogens (tertiary/aromatic N) is 1. The van der Waals surface area contributed by atoms with E-state index in [1.165, 1.54) is 4.90 Å². The number of benzene rings is 3. The fourth-order valence-electron chi connectivity index (χ4n) is 4.60. The third kappa shape index (κ3) is 4.22. The number of aromatic nitrogens is 1. The zero-order valence-corrected chi connectivity index (χ0v) is 20.4. The van der Waals surface area contributed by atoms with E-state index >= 15 is 0 Å². The summed E-state index contributed by atoms with van der Waals surface area (Å²) in [4.78, 5) is 31.2. The zero-order valence-electron chi connectivity index (χ0n) is 18.9. The van der Waals surface area contributed by atoms with Crippen LogP contribution in [0.2, 0.25) is 10.0 Å². The zero-order chi connectivity index (χ0) is 24.7. The molecule has 0 saturated carbocycles. The van der Waals surface area contributed by atoms with Crippen LogP contribution in [0, 0.1) is 6.92 Å². The van der Waals surface area contributed by atoms with Gasteiger partial charge in [-0.15, -0.1) is 0 Å². The molecule has 5 nitrogen and oxygen atoms in total. The number of H-pyrrole nitrogens is 1. The number of halogens is 2. The van der Waals surface area contributed by atoms with Crippen LogP contribution in [0.4, 0.5) is 0 Å². The minimum absolute atomic E-state index is 0.0157. The van der Waals surface area contributed by atoms with Gasteiger partial charge in [-0.05, 0) is 42.7 Å². The SMILES string of the molecule is Cc1ccc(C(O)=C2C(=O)C(=O)N(CCc3c[nH]c4ccccc34)C2c2ccc(Cl)cc2Cl)cc1. The van der Waals surface area contributed by atoms with Crippen molar-refractivity contribution >= 4 is 51.6 Å². The second-order valence-electron chi connectivity index (χ2n) is 8.63. The summed E-state index contributed by atoms with van der Waals surface area (Å²) in [5.74, 6) is -1.64. The molecule has 7 heteroatoms. The van der Waals surface area contributed by atoms with E-state index in [9.17, 15) is 14.7 Å². The molecular weight excluding hydrogens is 483 g/mol. The average molecular weight is 505 g/mol. The summed E-state index contributed by atoms with van der Waals surface area (Å²) in [5.41, 5.74) is 4.05. The molecule has 2 N–H and O–H groups in total. The molecule has 0 spiro atoms. The third-order valence-corrected chi connectivity index (χ3v) is 6.98. The predicted octanol–water partition coefficient (Wildman–Crippen LogP) is 6.45. The summed E-state index contributed by atoms with van der Waals surface area (Å²) in [6.45, 7) is 2.20. The number of aliphatic hydroxyl groups is 1. The summed E-state index contributed by atoms with van der Waals surface area (Å²) in [6, 6.07) is 19.1. The highest BCUT2D eigenvalue weighted by Gasteiger charge is 2.46. The van der Waals surface area contributed by atoms with Gasteiger partial charge in [-0.25, -0.2) is 0 Å². The Hall–Kier alpha value is -3.54. The quantitative estimate of drug-likeness (QED) is 0.186. The molecule has 1 unspecified atom stereocenters. The van der Waals surface area contributed by atoms with E-state index in [-0.39, 0.29) is 17.9 Å². The van der Waals surface area contributed by atoms with E-state index in [1.807, 2.05) is 49.5 Å². The molecule has 4 aromatic rings. The maximum atomic E-state index is 13.2. The number of aliphatic hydroxyl groups excluding tert-OH is 1. The van der Waals surface area contributed by atoms with Gasteiger partial charge in [0.15, 0.2) is 0 Å². The number of fused-ring (bicyclic) bond motifs is 1. The number of para-hydroxylation sites is 1. The van der Waals surface area contributed by atoms with Crippen LogP contribution < -0.4 is 0 Å². The smallest absolute Gasteiger partial charge is 0.295 e. The Morgan fingerprint density at radius 1 is 1.03 bits per heavy atom. The van der Waals surface area contributed by atoms with Crippen molar-refractivity contribution in [2.24, 2.45) is 0 Å². The average Bonchev–Trinajstić information content (AvgIpc) is 3.36. The van der Waals surface area contributed by atoms with Gasteiger partial charge in [0.05, 0.1) is 11.6 Å². The Kier molecular flexibility index (Phi) is 6.13. The minimum atomic E-state index is -0.841. The normalized spacial score (nSPS) is 17.5. The summed E-state index contributed by atoms with van der Waals surface area (Å²) in [5, 5.41) is 13.0. The highest BCUT2D eigenvalue weighted by atomic mass is 35.5. The summed E-state index contributed by atoms with van der Waals surface area (Å²) < 4.78 is 0. The standard InChI is InChI=1S/C28H22Cl2N2O3/c1-16-6-8-17(9-7-16)26(33)24-25(21-11-10-19(29)14-22(21)30)32(28(35)27(24)34)13-12-18-15-31-23-5-3-2-4-20(18)23/h2-11,14-15,25,31,33H,12-13H2,1H3. The lowest BCUT2D eigenvalue weighted by Crippen LogP contribution is -2.31. The van der Waals surface area contributed by atoms with Crippen LogP contribution in [-0.4, -0.2) is 33.2 Å². The maximum Gasteiger partial charge on any atom is 0.295 e. The van der Waals surface area contributed by atoms with Gasteiger partial charge in [-0.1, -0.05) is 77.3 Å². The Balaban J connectivity index is 1.59. The van der Waals surface area contributed by atoms with E-state index in [4.69, 9.17) is 23.2 Å². The number of hydrogen-bond acceptors (Lipinski definition) is 3. The molecular formula is C28H22Cl2N2O3. The first-order valence-electron chi connectivity index (χ1n) is 11.2. The van der Waals surface area contributed by atoms with Crippen LogP contribution in [0.5, 0.6) is 0 Å². The number of aryl methyl sites for hydroxylation is 1. The fraction of sp³-hybridized carbons (Fsp3) is 0.143. The number of Topliss-reactive ketones (excluding diaryl/α,β-unsaturated/α-hetero) is 1. The Bertz CT molecular complexity index is 1490. The molecule has 5 rings (SSSR count). The first-order chi connectivity index (χ1) is 16.8. The van der Waals surface area contributed by atoms with Gasteiger partial charge < -0.3 is 15.0 Å².